The first-order valence-corrected chi connectivity index (χ1v) is 8.42. The first-order chi connectivity index (χ1) is 12.0. The van der Waals surface area contributed by atoms with E-state index in [-0.39, 0.29) is 23.7 Å². The molecule has 3 rings (SSSR count). The van der Waals surface area contributed by atoms with Crippen LogP contribution < -0.4 is 5.73 Å². The molecule has 0 spiro atoms. The molecule has 128 valence electrons. The van der Waals surface area contributed by atoms with Crippen LogP contribution in [-0.4, -0.2) is 33.2 Å². The van der Waals surface area contributed by atoms with Crippen molar-refractivity contribution < 1.29 is 14.3 Å². The SMILES string of the molecule is CCOC(=O)c1cnn(C(=O)c2nc(-c3ccccc3)sc2C)c1N. The van der Waals surface area contributed by atoms with Crippen LogP contribution in [0.2, 0.25) is 0 Å². The summed E-state index contributed by atoms with van der Waals surface area (Å²) in [6.45, 7) is 3.71. The molecule has 0 fully saturated rings. The highest BCUT2D eigenvalue weighted by atomic mass is 32.1. The number of hydrogen-bond donors (Lipinski definition) is 1. The van der Waals surface area contributed by atoms with E-state index < -0.39 is 11.9 Å². The van der Waals surface area contributed by atoms with Gasteiger partial charge in [-0.05, 0) is 13.8 Å². The van der Waals surface area contributed by atoms with Crippen molar-refractivity contribution in [3.05, 3.63) is 52.7 Å². The molecule has 0 amide bonds. The number of rotatable bonds is 4. The van der Waals surface area contributed by atoms with Crippen molar-refractivity contribution in [2.24, 2.45) is 0 Å². The predicted octanol–water partition coefficient (Wildman–Crippen LogP) is 2.76. The summed E-state index contributed by atoms with van der Waals surface area (Å²) in [5, 5.41) is 4.66. The van der Waals surface area contributed by atoms with Crippen LogP contribution in [0.5, 0.6) is 0 Å². The van der Waals surface area contributed by atoms with E-state index in [9.17, 15) is 9.59 Å². The van der Waals surface area contributed by atoms with Crippen LogP contribution in [-0.2, 0) is 4.74 Å². The minimum Gasteiger partial charge on any atom is -0.462 e. The summed E-state index contributed by atoms with van der Waals surface area (Å²) in [5.74, 6) is -1.15. The van der Waals surface area contributed by atoms with Crippen molar-refractivity contribution >= 4 is 29.0 Å². The number of benzene rings is 1. The number of esters is 1. The molecule has 2 heterocycles. The van der Waals surface area contributed by atoms with E-state index in [0.717, 1.165) is 20.1 Å². The number of nitrogens with two attached hydrogens (primary N) is 1. The van der Waals surface area contributed by atoms with E-state index in [2.05, 4.69) is 10.1 Å². The standard InChI is InChI=1S/C17H16N4O3S/c1-3-24-17(23)12-9-19-21(14(12)18)16(22)13-10(2)25-15(20-13)11-7-5-4-6-8-11/h4-9H,3,18H2,1-2H3. The number of ether oxygens (including phenoxy) is 1. The van der Waals surface area contributed by atoms with Crippen LogP contribution in [0.4, 0.5) is 5.82 Å². The molecule has 0 atom stereocenters. The molecule has 25 heavy (non-hydrogen) atoms. The van der Waals surface area contributed by atoms with Crippen LogP contribution in [0.3, 0.4) is 0 Å². The Morgan fingerprint density at radius 3 is 2.68 bits per heavy atom. The lowest BCUT2D eigenvalue weighted by Gasteiger charge is -2.03. The van der Waals surface area contributed by atoms with Gasteiger partial charge >= 0.3 is 5.97 Å². The molecule has 8 heteroatoms. The molecule has 0 bridgehead atoms. The van der Waals surface area contributed by atoms with Gasteiger partial charge in [-0.15, -0.1) is 11.3 Å². The second kappa shape index (κ2) is 6.86. The van der Waals surface area contributed by atoms with Gasteiger partial charge < -0.3 is 10.5 Å². The fraction of sp³-hybridized carbons (Fsp3) is 0.176. The Balaban J connectivity index is 1.95. The summed E-state index contributed by atoms with van der Waals surface area (Å²) in [5.41, 5.74) is 7.14. The normalized spacial score (nSPS) is 10.6. The smallest absolute Gasteiger partial charge is 0.343 e. The van der Waals surface area contributed by atoms with Gasteiger partial charge in [-0.2, -0.15) is 9.78 Å². The van der Waals surface area contributed by atoms with Crippen molar-refractivity contribution in [3.63, 3.8) is 0 Å². The van der Waals surface area contributed by atoms with Crippen LogP contribution >= 0.6 is 11.3 Å². The van der Waals surface area contributed by atoms with Gasteiger partial charge in [0, 0.05) is 10.4 Å². The number of anilines is 1. The molecule has 1 aromatic carbocycles. The van der Waals surface area contributed by atoms with Gasteiger partial charge in [-0.3, -0.25) is 4.79 Å². The largest absolute Gasteiger partial charge is 0.462 e. The Labute approximate surface area is 148 Å². The molecule has 3 aromatic rings. The second-order valence-electron chi connectivity index (χ2n) is 5.17. The highest BCUT2D eigenvalue weighted by molar-refractivity contribution is 7.15. The number of nitrogens with zero attached hydrogens (tertiary/aromatic N) is 3. The topological polar surface area (TPSA) is 100 Å². The van der Waals surface area contributed by atoms with Crippen LogP contribution in [0.15, 0.2) is 36.5 Å². The average molecular weight is 356 g/mol. The number of carbonyl (C=O) groups excluding carboxylic acids is 2. The minimum absolute atomic E-state index is 0.0582. The van der Waals surface area contributed by atoms with Gasteiger partial charge in [0.25, 0.3) is 5.91 Å². The van der Waals surface area contributed by atoms with Gasteiger partial charge in [0.05, 0.1) is 12.8 Å². The van der Waals surface area contributed by atoms with Gasteiger partial charge in [-0.1, -0.05) is 30.3 Å². The zero-order valence-corrected chi connectivity index (χ0v) is 14.5. The molecule has 0 saturated heterocycles. The van der Waals surface area contributed by atoms with E-state index >= 15 is 0 Å². The molecule has 7 nitrogen and oxygen atoms in total. The lowest BCUT2D eigenvalue weighted by molar-refractivity contribution is 0.0527. The molecule has 2 aromatic heterocycles. The lowest BCUT2D eigenvalue weighted by atomic mass is 10.2. The predicted molar refractivity (Wildman–Crippen MR) is 94.6 cm³/mol. The van der Waals surface area contributed by atoms with Crippen molar-refractivity contribution in [1.29, 1.82) is 0 Å². The minimum atomic E-state index is -0.612. The summed E-state index contributed by atoms with van der Waals surface area (Å²) >= 11 is 1.41. The average Bonchev–Trinajstić information content (AvgIpc) is 3.18. The summed E-state index contributed by atoms with van der Waals surface area (Å²) in [6, 6.07) is 9.58. The number of hydrogen-bond acceptors (Lipinski definition) is 7. The number of carbonyl (C=O) groups is 2. The van der Waals surface area contributed by atoms with Gasteiger partial charge in [0.15, 0.2) is 0 Å². The molecule has 0 aliphatic rings. The molecular weight excluding hydrogens is 340 g/mol. The molecule has 0 unspecified atom stereocenters. The Morgan fingerprint density at radius 1 is 1.28 bits per heavy atom. The lowest BCUT2D eigenvalue weighted by Crippen LogP contribution is -2.18. The van der Waals surface area contributed by atoms with Crippen molar-refractivity contribution in [3.8, 4) is 10.6 Å². The summed E-state index contributed by atoms with van der Waals surface area (Å²) < 4.78 is 5.87. The fourth-order valence-electron chi connectivity index (χ4n) is 2.29. The number of aromatic nitrogens is 3. The summed E-state index contributed by atoms with van der Waals surface area (Å²) in [6.07, 6.45) is 1.23. The van der Waals surface area contributed by atoms with E-state index in [1.54, 1.807) is 6.92 Å². The number of aryl methyl sites for hydroxylation is 1. The Morgan fingerprint density at radius 2 is 2.00 bits per heavy atom. The highest BCUT2D eigenvalue weighted by Crippen LogP contribution is 2.28. The zero-order chi connectivity index (χ0) is 18.0. The number of thiazole rings is 1. The Kier molecular flexibility index (Phi) is 4.62. The maximum absolute atomic E-state index is 12.7. The van der Waals surface area contributed by atoms with E-state index in [4.69, 9.17) is 10.5 Å². The van der Waals surface area contributed by atoms with Gasteiger partial charge in [0.1, 0.15) is 22.1 Å². The molecule has 0 saturated carbocycles. The van der Waals surface area contributed by atoms with E-state index in [0.29, 0.717) is 0 Å². The maximum atomic E-state index is 12.7. The van der Waals surface area contributed by atoms with Crippen molar-refractivity contribution in [2.75, 3.05) is 12.3 Å². The Hall–Kier alpha value is -3.00. The molecule has 0 aliphatic heterocycles. The Bertz CT molecular complexity index is 931. The number of nitrogen functional groups attached to an aromatic ring is 1. The fourth-order valence-corrected chi connectivity index (χ4v) is 3.20. The monoisotopic (exact) mass is 356 g/mol. The van der Waals surface area contributed by atoms with Gasteiger partial charge in [-0.25, -0.2) is 9.78 Å². The van der Waals surface area contributed by atoms with Crippen LogP contribution in [0, 0.1) is 6.92 Å². The molecule has 0 radical (unpaired) electrons. The van der Waals surface area contributed by atoms with Gasteiger partial charge in [0.2, 0.25) is 0 Å². The van der Waals surface area contributed by atoms with E-state index in [1.165, 1.54) is 17.5 Å². The highest BCUT2D eigenvalue weighted by Gasteiger charge is 2.24. The first kappa shape index (κ1) is 16.8. The summed E-state index contributed by atoms with van der Waals surface area (Å²) in [4.78, 5) is 29.7. The van der Waals surface area contributed by atoms with Crippen molar-refractivity contribution in [1.82, 2.24) is 14.8 Å². The molecular formula is C17H16N4O3S. The molecule has 0 aliphatic carbocycles. The third-order valence-corrected chi connectivity index (χ3v) is 4.53. The summed E-state index contributed by atoms with van der Waals surface area (Å²) in [7, 11) is 0. The van der Waals surface area contributed by atoms with E-state index in [1.807, 2.05) is 37.3 Å². The van der Waals surface area contributed by atoms with Crippen LogP contribution in [0.1, 0.15) is 32.6 Å². The van der Waals surface area contributed by atoms with Crippen molar-refractivity contribution in [2.45, 2.75) is 13.8 Å². The zero-order valence-electron chi connectivity index (χ0n) is 13.7. The maximum Gasteiger partial charge on any atom is 0.343 e. The third kappa shape index (κ3) is 3.16. The van der Waals surface area contributed by atoms with Crippen LogP contribution in [0.25, 0.3) is 10.6 Å². The third-order valence-electron chi connectivity index (χ3n) is 3.51. The molecule has 2 N–H and O–H groups in total. The second-order valence-corrected chi connectivity index (χ2v) is 6.37. The quantitative estimate of drug-likeness (QED) is 0.722. The first-order valence-electron chi connectivity index (χ1n) is 7.61.